The van der Waals surface area contributed by atoms with Gasteiger partial charge >= 0.3 is 0 Å². The molecule has 0 aromatic carbocycles. The zero-order valence-corrected chi connectivity index (χ0v) is 10.5. The second-order valence-electron chi connectivity index (χ2n) is 4.47. The average molecular weight is 247 g/mol. The molecular formula is C12H17N5O. The molecule has 6 heteroatoms. The number of H-pyrrole nitrogens is 1. The van der Waals surface area contributed by atoms with Crippen LogP contribution in [0.3, 0.4) is 0 Å². The Morgan fingerprint density at radius 1 is 1.39 bits per heavy atom. The molecule has 0 aliphatic carbocycles. The zero-order valence-electron chi connectivity index (χ0n) is 10.5. The van der Waals surface area contributed by atoms with Crippen LogP contribution in [0.25, 0.3) is 11.0 Å². The van der Waals surface area contributed by atoms with Gasteiger partial charge in [-0.05, 0) is 19.8 Å². The van der Waals surface area contributed by atoms with Crippen molar-refractivity contribution in [1.29, 1.82) is 0 Å². The number of ether oxygens (including phenoxy) is 1. The molecule has 0 unspecified atom stereocenters. The van der Waals surface area contributed by atoms with Crippen molar-refractivity contribution >= 4 is 16.9 Å². The van der Waals surface area contributed by atoms with E-state index < -0.39 is 0 Å². The first-order valence-corrected chi connectivity index (χ1v) is 6.39. The summed E-state index contributed by atoms with van der Waals surface area (Å²) in [5.41, 5.74) is 0.798. The van der Waals surface area contributed by atoms with Gasteiger partial charge in [0.1, 0.15) is 12.1 Å². The van der Waals surface area contributed by atoms with Crippen LogP contribution in [-0.2, 0) is 4.74 Å². The average Bonchev–Trinajstić information content (AvgIpc) is 2.88. The molecule has 0 saturated carbocycles. The largest absolute Gasteiger partial charge is 0.378 e. The number of piperidine rings is 1. The predicted molar refractivity (Wildman–Crippen MR) is 68.5 cm³/mol. The van der Waals surface area contributed by atoms with Crippen LogP contribution >= 0.6 is 0 Å². The lowest BCUT2D eigenvalue weighted by atomic mass is 10.1. The molecule has 3 rings (SSSR count). The second kappa shape index (κ2) is 4.89. The highest BCUT2D eigenvalue weighted by atomic mass is 16.5. The predicted octanol–water partition coefficient (Wildman–Crippen LogP) is 1.36. The van der Waals surface area contributed by atoms with Gasteiger partial charge in [0.25, 0.3) is 0 Å². The summed E-state index contributed by atoms with van der Waals surface area (Å²) in [5, 5.41) is 7.89. The molecule has 1 saturated heterocycles. The zero-order chi connectivity index (χ0) is 12.4. The molecule has 0 bridgehead atoms. The third kappa shape index (κ3) is 2.03. The maximum atomic E-state index is 5.66. The number of anilines is 1. The molecule has 1 fully saturated rings. The molecule has 96 valence electrons. The van der Waals surface area contributed by atoms with Crippen molar-refractivity contribution in [2.45, 2.75) is 25.9 Å². The molecule has 2 aromatic rings. The first-order valence-electron chi connectivity index (χ1n) is 6.39. The molecule has 1 aliphatic rings. The van der Waals surface area contributed by atoms with Crippen LogP contribution in [0, 0.1) is 0 Å². The van der Waals surface area contributed by atoms with Gasteiger partial charge in [0.2, 0.25) is 0 Å². The number of hydrogen-bond acceptors (Lipinski definition) is 5. The van der Waals surface area contributed by atoms with Crippen molar-refractivity contribution in [1.82, 2.24) is 20.2 Å². The summed E-state index contributed by atoms with van der Waals surface area (Å²) in [4.78, 5) is 10.8. The first-order chi connectivity index (χ1) is 8.88. The van der Waals surface area contributed by atoms with Gasteiger partial charge in [-0.2, -0.15) is 5.10 Å². The van der Waals surface area contributed by atoms with Gasteiger partial charge in [-0.1, -0.05) is 0 Å². The normalized spacial score (nSPS) is 17.5. The molecule has 0 radical (unpaired) electrons. The van der Waals surface area contributed by atoms with Gasteiger partial charge in [0, 0.05) is 19.7 Å². The van der Waals surface area contributed by atoms with Crippen molar-refractivity contribution < 1.29 is 4.74 Å². The first kappa shape index (κ1) is 11.4. The van der Waals surface area contributed by atoms with Crippen molar-refractivity contribution in [2.75, 3.05) is 24.6 Å². The minimum absolute atomic E-state index is 0.396. The Morgan fingerprint density at radius 2 is 2.22 bits per heavy atom. The lowest BCUT2D eigenvalue weighted by Gasteiger charge is -2.32. The SMILES string of the molecule is CCOC1CCN(c2ncnc3[nH]ncc23)CC1. The van der Waals surface area contributed by atoms with Gasteiger partial charge in [-0.25, -0.2) is 9.97 Å². The summed E-state index contributed by atoms with van der Waals surface area (Å²) in [5.74, 6) is 0.976. The van der Waals surface area contributed by atoms with E-state index in [1.807, 2.05) is 6.92 Å². The van der Waals surface area contributed by atoms with Gasteiger partial charge in [-0.3, -0.25) is 5.10 Å². The minimum Gasteiger partial charge on any atom is -0.378 e. The summed E-state index contributed by atoms with van der Waals surface area (Å²) in [6.45, 7) is 4.79. The molecular weight excluding hydrogens is 230 g/mol. The number of aromatic nitrogens is 4. The van der Waals surface area contributed by atoms with E-state index in [-0.39, 0.29) is 0 Å². The third-order valence-corrected chi connectivity index (χ3v) is 3.37. The molecule has 0 atom stereocenters. The van der Waals surface area contributed by atoms with E-state index in [1.165, 1.54) is 0 Å². The van der Waals surface area contributed by atoms with Crippen LogP contribution in [-0.4, -0.2) is 46.0 Å². The molecule has 2 aromatic heterocycles. The minimum atomic E-state index is 0.396. The van der Waals surface area contributed by atoms with Crippen LogP contribution in [0.4, 0.5) is 5.82 Å². The Kier molecular flexibility index (Phi) is 3.10. The van der Waals surface area contributed by atoms with Gasteiger partial charge < -0.3 is 9.64 Å². The van der Waals surface area contributed by atoms with E-state index in [0.717, 1.165) is 49.4 Å². The van der Waals surface area contributed by atoms with E-state index in [2.05, 4.69) is 25.1 Å². The fourth-order valence-corrected chi connectivity index (χ4v) is 2.47. The molecule has 18 heavy (non-hydrogen) atoms. The summed E-state index contributed by atoms with van der Waals surface area (Å²) in [6, 6.07) is 0. The van der Waals surface area contributed by atoms with E-state index in [4.69, 9.17) is 4.74 Å². The Hall–Kier alpha value is -1.69. The molecule has 0 amide bonds. The monoisotopic (exact) mass is 247 g/mol. The molecule has 3 heterocycles. The molecule has 0 spiro atoms. The van der Waals surface area contributed by atoms with Crippen LogP contribution in [0.2, 0.25) is 0 Å². The maximum Gasteiger partial charge on any atom is 0.160 e. The van der Waals surface area contributed by atoms with Crippen molar-refractivity contribution in [3.63, 3.8) is 0 Å². The molecule has 1 aliphatic heterocycles. The Balaban J connectivity index is 1.78. The van der Waals surface area contributed by atoms with Crippen LogP contribution < -0.4 is 4.90 Å². The number of nitrogens with one attached hydrogen (secondary N) is 1. The number of nitrogens with zero attached hydrogens (tertiary/aromatic N) is 4. The lowest BCUT2D eigenvalue weighted by molar-refractivity contribution is 0.0459. The van der Waals surface area contributed by atoms with E-state index in [1.54, 1.807) is 12.5 Å². The highest BCUT2D eigenvalue weighted by molar-refractivity contribution is 5.86. The van der Waals surface area contributed by atoms with E-state index >= 15 is 0 Å². The smallest absolute Gasteiger partial charge is 0.160 e. The number of fused-ring (bicyclic) bond motifs is 1. The van der Waals surface area contributed by atoms with Crippen molar-refractivity contribution in [3.05, 3.63) is 12.5 Å². The van der Waals surface area contributed by atoms with Crippen LogP contribution in [0.1, 0.15) is 19.8 Å². The Bertz CT molecular complexity index is 518. The number of rotatable bonds is 3. The second-order valence-corrected chi connectivity index (χ2v) is 4.47. The maximum absolute atomic E-state index is 5.66. The van der Waals surface area contributed by atoms with Gasteiger partial charge in [-0.15, -0.1) is 0 Å². The quantitative estimate of drug-likeness (QED) is 0.887. The Labute approximate surface area is 105 Å². The fourth-order valence-electron chi connectivity index (χ4n) is 2.47. The Morgan fingerprint density at radius 3 is 3.00 bits per heavy atom. The van der Waals surface area contributed by atoms with Crippen molar-refractivity contribution in [3.8, 4) is 0 Å². The van der Waals surface area contributed by atoms with Crippen LogP contribution in [0.5, 0.6) is 0 Å². The topological polar surface area (TPSA) is 66.9 Å². The summed E-state index contributed by atoms with van der Waals surface area (Å²) >= 11 is 0. The van der Waals surface area contributed by atoms with Gasteiger partial charge in [0.15, 0.2) is 5.65 Å². The van der Waals surface area contributed by atoms with E-state index in [0.29, 0.717) is 6.10 Å². The van der Waals surface area contributed by atoms with Crippen LogP contribution in [0.15, 0.2) is 12.5 Å². The summed E-state index contributed by atoms with van der Waals surface area (Å²) < 4.78 is 5.66. The number of aromatic amines is 1. The van der Waals surface area contributed by atoms with Crippen molar-refractivity contribution in [2.24, 2.45) is 0 Å². The number of hydrogen-bond donors (Lipinski definition) is 1. The fraction of sp³-hybridized carbons (Fsp3) is 0.583. The van der Waals surface area contributed by atoms with E-state index in [9.17, 15) is 0 Å². The standard InChI is InChI=1S/C12H17N5O/c1-2-18-9-3-5-17(6-4-9)12-10-7-15-16-11(10)13-8-14-12/h7-9H,2-6H2,1H3,(H,13,14,15,16). The third-order valence-electron chi connectivity index (χ3n) is 3.37. The lowest BCUT2D eigenvalue weighted by Crippen LogP contribution is -2.37. The summed E-state index contributed by atoms with van der Waals surface area (Å²) in [7, 11) is 0. The highest BCUT2D eigenvalue weighted by Crippen LogP contribution is 2.24. The molecule has 6 nitrogen and oxygen atoms in total. The highest BCUT2D eigenvalue weighted by Gasteiger charge is 2.22. The molecule has 1 N–H and O–H groups in total. The summed E-state index contributed by atoms with van der Waals surface area (Å²) in [6.07, 6.45) is 5.88. The van der Waals surface area contributed by atoms with Gasteiger partial charge in [0.05, 0.1) is 17.7 Å².